The maximum absolute atomic E-state index is 12.4. The second-order valence-electron chi connectivity index (χ2n) is 5.42. The van der Waals surface area contributed by atoms with E-state index >= 15 is 0 Å². The molecule has 0 bridgehead atoms. The van der Waals surface area contributed by atoms with Crippen molar-refractivity contribution in [2.75, 3.05) is 19.7 Å². The first-order valence-electron chi connectivity index (χ1n) is 7.49. The van der Waals surface area contributed by atoms with Gasteiger partial charge in [0.25, 0.3) is 0 Å². The molecule has 0 spiro atoms. The van der Waals surface area contributed by atoms with Crippen LogP contribution in [0, 0.1) is 5.92 Å². The molecule has 0 aromatic heterocycles. The lowest BCUT2D eigenvalue weighted by Crippen LogP contribution is -2.44. The fourth-order valence-electron chi connectivity index (χ4n) is 2.60. The van der Waals surface area contributed by atoms with E-state index in [1.165, 1.54) is 0 Å². The number of nitrogens with one attached hydrogen (secondary N) is 2. The van der Waals surface area contributed by atoms with Crippen LogP contribution < -0.4 is 14.8 Å². The van der Waals surface area contributed by atoms with Crippen molar-refractivity contribution in [3.05, 3.63) is 24.3 Å². The van der Waals surface area contributed by atoms with Crippen LogP contribution in [-0.2, 0) is 10.0 Å². The summed E-state index contributed by atoms with van der Waals surface area (Å²) in [5, 5.41) is 3.31. The molecule has 1 aromatic rings. The number of sulfonamides is 1. The lowest BCUT2D eigenvalue weighted by Gasteiger charge is -2.28. The van der Waals surface area contributed by atoms with Crippen LogP contribution in [0.15, 0.2) is 29.2 Å². The summed E-state index contributed by atoms with van der Waals surface area (Å²) in [5.41, 5.74) is 0. The van der Waals surface area contributed by atoms with Crippen LogP contribution in [0.2, 0.25) is 0 Å². The van der Waals surface area contributed by atoms with Gasteiger partial charge in [0.15, 0.2) is 0 Å². The van der Waals surface area contributed by atoms with Crippen molar-refractivity contribution in [3.8, 4) is 5.75 Å². The standard InChI is InChI=1S/C15H24N2O3S/c1-3-20-14-6-8-15(9-7-14)21(18,19)17-12(2)13-5-4-10-16-11-13/h6-9,12-13,16-17H,3-5,10-11H2,1-2H3. The van der Waals surface area contributed by atoms with Crippen LogP contribution in [0.1, 0.15) is 26.7 Å². The van der Waals surface area contributed by atoms with E-state index in [2.05, 4.69) is 10.0 Å². The first-order chi connectivity index (χ1) is 10.0. The van der Waals surface area contributed by atoms with Crippen LogP contribution in [0.4, 0.5) is 0 Å². The Labute approximate surface area is 127 Å². The van der Waals surface area contributed by atoms with Gasteiger partial charge in [-0.25, -0.2) is 13.1 Å². The Hall–Kier alpha value is -1.11. The van der Waals surface area contributed by atoms with Crippen LogP contribution in [0.3, 0.4) is 0 Å². The highest BCUT2D eigenvalue weighted by molar-refractivity contribution is 7.89. The van der Waals surface area contributed by atoms with Gasteiger partial charge in [0.1, 0.15) is 5.75 Å². The largest absolute Gasteiger partial charge is 0.494 e. The minimum absolute atomic E-state index is 0.0747. The Balaban J connectivity index is 2.03. The quantitative estimate of drug-likeness (QED) is 0.840. The zero-order valence-corrected chi connectivity index (χ0v) is 13.4. The number of ether oxygens (including phenoxy) is 1. The highest BCUT2D eigenvalue weighted by Gasteiger charge is 2.25. The predicted molar refractivity (Wildman–Crippen MR) is 83.0 cm³/mol. The maximum Gasteiger partial charge on any atom is 0.240 e. The van der Waals surface area contributed by atoms with Gasteiger partial charge in [-0.1, -0.05) is 0 Å². The van der Waals surface area contributed by atoms with Gasteiger partial charge in [0, 0.05) is 6.04 Å². The molecule has 21 heavy (non-hydrogen) atoms. The summed E-state index contributed by atoms with van der Waals surface area (Å²) < 4.78 is 32.9. The zero-order chi connectivity index (χ0) is 15.3. The average molecular weight is 312 g/mol. The molecule has 6 heteroatoms. The summed E-state index contributed by atoms with van der Waals surface area (Å²) >= 11 is 0. The van der Waals surface area contributed by atoms with Gasteiger partial charge in [0.05, 0.1) is 11.5 Å². The van der Waals surface area contributed by atoms with Crippen molar-refractivity contribution in [1.29, 1.82) is 0 Å². The molecule has 2 N–H and O–H groups in total. The molecule has 5 nitrogen and oxygen atoms in total. The topological polar surface area (TPSA) is 67.4 Å². The number of rotatable bonds is 6. The van der Waals surface area contributed by atoms with Crippen molar-refractivity contribution in [2.45, 2.75) is 37.6 Å². The van der Waals surface area contributed by atoms with Gasteiger partial charge >= 0.3 is 0 Å². The lowest BCUT2D eigenvalue weighted by molar-refractivity contribution is 0.320. The molecule has 1 aliphatic rings. The summed E-state index contributed by atoms with van der Waals surface area (Å²) in [7, 11) is -3.47. The molecule has 118 valence electrons. The lowest BCUT2D eigenvalue weighted by atomic mass is 9.94. The Bertz CT molecular complexity index is 537. The molecule has 2 rings (SSSR count). The van der Waals surface area contributed by atoms with Crippen molar-refractivity contribution >= 4 is 10.0 Å². The Morgan fingerprint density at radius 2 is 2.10 bits per heavy atom. The minimum atomic E-state index is -3.47. The zero-order valence-electron chi connectivity index (χ0n) is 12.6. The molecule has 0 aliphatic carbocycles. The predicted octanol–water partition coefficient (Wildman–Crippen LogP) is 1.75. The van der Waals surface area contributed by atoms with Crippen molar-refractivity contribution in [3.63, 3.8) is 0 Å². The van der Waals surface area contributed by atoms with E-state index in [1.54, 1.807) is 24.3 Å². The third kappa shape index (κ3) is 4.43. The molecule has 1 aromatic carbocycles. The molecule has 1 heterocycles. The fourth-order valence-corrected chi connectivity index (χ4v) is 3.91. The number of piperidine rings is 1. The second kappa shape index (κ2) is 7.24. The van der Waals surface area contributed by atoms with Gasteiger partial charge in [-0.15, -0.1) is 0 Å². The summed E-state index contributed by atoms with van der Waals surface area (Å²) in [6.07, 6.45) is 2.15. The van der Waals surface area contributed by atoms with E-state index in [1.807, 2.05) is 13.8 Å². The molecule has 1 fully saturated rings. The molecule has 0 saturated carbocycles. The summed E-state index contributed by atoms with van der Waals surface area (Å²) in [6.45, 7) is 6.29. The number of hydrogen-bond donors (Lipinski definition) is 2. The van der Waals surface area contributed by atoms with Crippen molar-refractivity contribution in [2.24, 2.45) is 5.92 Å². The van der Waals surface area contributed by atoms with Crippen LogP contribution in [0.5, 0.6) is 5.75 Å². The van der Waals surface area contributed by atoms with Gasteiger partial charge in [-0.05, 0) is 70.0 Å². The molecule has 0 radical (unpaired) electrons. The molecule has 0 amide bonds. The van der Waals surface area contributed by atoms with Crippen molar-refractivity contribution in [1.82, 2.24) is 10.0 Å². The smallest absolute Gasteiger partial charge is 0.240 e. The summed E-state index contributed by atoms with van der Waals surface area (Å²) in [6, 6.07) is 6.46. The second-order valence-corrected chi connectivity index (χ2v) is 7.13. The molecule has 2 unspecified atom stereocenters. The first-order valence-corrected chi connectivity index (χ1v) is 8.97. The molecular formula is C15H24N2O3S. The van der Waals surface area contributed by atoms with Crippen LogP contribution in [0.25, 0.3) is 0 Å². The summed E-state index contributed by atoms with van der Waals surface area (Å²) in [4.78, 5) is 0.279. The number of hydrogen-bond acceptors (Lipinski definition) is 4. The Kier molecular flexibility index (Phi) is 5.61. The molecule has 2 atom stereocenters. The van der Waals surface area contributed by atoms with E-state index in [9.17, 15) is 8.42 Å². The van der Waals surface area contributed by atoms with Gasteiger partial charge in [0.2, 0.25) is 10.0 Å². The monoisotopic (exact) mass is 312 g/mol. The minimum Gasteiger partial charge on any atom is -0.494 e. The highest BCUT2D eigenvalue weighted by atomic mass is 32.2. The summed E-state index contributed by atoms with van der Waals surface area (Å²) in [5.74, 6) is 1.03. The normalized spacial score (nSPS) is 21.0. The van der Waals surface area contributed by atoms with Gasteiger partial charge < -0.3 is 10.1 Å². The molecular weight excluding hydrogens is 288 g/mol. The fraction of sp³-hybridized carbons (Fsp3) is 0.600. The van der Waals surface area contributed by atoms with E-state index in [0.717, 1.165) is 25.9 Å². The molecule has 1 saturated heterocycles. The van der Waals surface area contributed by atoms with Crippen LogP contribution in [-0.4, -0.2) is 34.2 Å². The molecule has 1 aliphatic heterocycles. The SMILES string of the molecule is CCOc1ccc(S(=O)(=O)NC(C)C2CCCNC2)cc1. The number of benzene rings is 1. The van der Waals surface area contributed by atoms with E-state index in [0.29, 0.717) is 18.3 Å². The Morgan fingerprint density at radius 3 is 2.67 bits per heavy atom. The van der Waals surface area contributed by atoms with Crippen molar-refractivity contribution < 1.29 is 13.2 Å². The van der Waals surface area contributed by atoms with E-state index in [-0.39, 0.29) is 10.9 Å². The third-order valence-corrected chi connectivity index (χ3v) is 5.40. The highest BCUT2D eigenvalue weighted by Crippen LogP contribution is 2.19. The Morgan fingerprint density at radius 1 is 1.38 bits per heavy atom. The first kappa shape index (κ1) is 16.3. The average Bonchev–Trinajstić information content (AvgIpc) is 2.48. The van der Waals surface area contributed by atoms with E-state index in [4.69, 9.17) is 4.74 Å². The van der Waals surface area contributed by atoms with Gasteiger partial charge in [-0.2, -0.15) is 0 Å². The van der Waals surface area contributed by atoms with Gasteiger partial charge in [-0.3, -0.25) is 0 Å². The maximum atomic E-state index is 12.4. The third-order valence-electron chi connectivity index (χ3n) is 3.83. The van der Waals surface area contributed by atoms with E-state index < -0.39 is 10.0 Å². The van der Waals surface area contributed by atoms with Crippen LogP contribution >= 0.6 is 0 Å².